The molecule has 0 aliphatic heterocycles. The van der Waals surface area contributed by atoms with Crippen molar-refractivity contribution < 1.29 is 4.42 Å². The molecule has 222 valence electrons. The van der Waals surface area contributed by atoms with E-state index in [0.717, 1.165) is 82.8 Å². The Hall–Kier alpha value is -6.88. The molecule has 0 unspecified atom stereocenters. The van der Waals surface area contributed by atoms with E-state index in [0.29, 0.717) is 11.4 Å². The Labute approximate surface area is 277 Å². The minimum Gasteiger partial charge on any atom is -0.456 e. The molecule has 9 rings (SSSR count). The van der Waals surface area contributed by atoms with E-state index in [1.54, 1.807) is 0 Å². The summed E-state index contributed by atoms with van der Waals surface area (Å²) in [6.45, 7) is 15.6. The van der Waals surface area contributed by atoms with Gasteiger partial charge in [0.25, 0.3) is 0 Å². The molecule has 0 spiro atoms. The van der Waals surface area contributed by atoms with Gasteiger partial charge in [-0.3, -0.25) is 0 Å². The zero-order valence-electron chi connectivity index (χ0n) is 25.7. The Balaban J connectivity index is 1.28. The third-order valence-electron chi connectivity index (χ3n) is 9.16. The molecule has 9 aromatic rings. The highest BCUT2D eigenvalue weighted by Crippen LogP contribution is 2.40. The predicted octanol–water partition coefficient (Wildman–Crippen LogP) is 12.8. The summed E-state index contributed by atoms with van der Waals surface area (Å²) in [5.74, 6) is 0. The standard InChI is InChI=1S/C44H25N3O/c1-45-34-17-18-42-39(27-34)37-12-6-8-14-41(37)47(42)36-24-33(23-35(26-36)46-2)32-21-30(28-10-4-3-5-11-28)20-31(22-32)29-16-19-44-40(25-29)38-13-7-9-15-43(38)48-44/h3-27H. The minimum atomic E-state index is 0.559. The maximum atomic E-state index is 8.06. The van der Waals surface area contributed by atoms with Crippen LogP contribution in [0.2, 0.25) is 0 Å². The number of aromatic nitrogens is 1. The first-order chi connectivity index (χ1) is 23.7. The van der Waals surface area contributed by atoms with E-state index < -0.39 is 0 Å². The molecule has 48 heavy (non-hydrogen) atoms. The monoisotopic (exact) mass is 611 g/mol. The summed E-state index contributed by atoms with van der Waals surface area (Å²) in [5.41, 5.74) is 12.2. The second-order valence-corrected chi connectivity index (χ2v) is 12.0. The van der Waals surface area contributed by atoms with Gasteiger partial charge in [0, 0.05) is 21.8 Å². The van der Waals surface area contributed by atoms with E-state index in [-0.39, 0.29) is 0 Å². The van der Waals surface area contributed by atoms with Gasteiger partial charge in [0.2, 0.25) is 0 Å². The molecule has 0 radical (unpaired) electrons. The van der Waals surface area contributed by atoms with Crippen LogP contribution < -0.4 is 0 Å². The molecule has 0 amide bonds. The predicted molar refractivity (Wildman–Crippen MR) is 197 cm³/mol. The Morgan fingerprint density at radius 2 is 1.04 bits per heavy atom. The van der Waals surface area contributed by atoms with Crippen LogP contribution in [-0.4, -0.2) is 4.57 Å². The van der Waals surface area contributed by atoms with Crippen LogP contribution in [0.4, 0.5) is 11.4 Å². The number of rotatable bonds is 4. The molecule has 0 saturated heterocycles. The van der Waals surface area contributed by atoms with E-state index in [1.807, 2.05) is 66.7 Å². The number of hydrogen-bond donors (Lipinski definition) is 0. The van der Waals surface area contributed by atoms with Crippen molar-refractivity contribution >= 4 is 55.1 Å². The third-order valence-corrected chi connectivity index (χ3v) is 9.16. The van der Waals surface area contributed by atoms with Gasteiger partial charge in [-0.15, -0.1) is 0 Å². The summed E-state index contributed by atoms with van der Waals surface area (Å²) in [6.07, 6.45) is 0. The van der Waals surface area contributed by atoms with Crippen molar-refractivity contribution in [1.82, 2.24) is 4.57 Å². The maximum Gasteiger partial charge on any atom is 0.189 e. The Morgan fingerprint density at radius 1 is 0.396 bits per heavy atom. The molecule has 0 saturated carbocycles. The summed E-state index contributed by atoms with van der Waals surface area (Å²) >= 11 is 0. The van der Waals surface area contributed by atoms with Gasteiger partial charge >= 0.3 is 0 Å². The van der Waals surface area contributed by atoms with Gasteiger partial charge < -0.3 is 8.98 Å². The number of fused-ring (bicyclic) bond motifs is 6. The van der Waals surface area contributed by atoms with Crippen molar-refractivity contribution in [2.75, 3.05) is 0 Å². The SMILES string of the molecule is [C-]#[N+]c1cc(-c2cc(-c3ccccc3)cc(-c3ccc4oc5ccccc5c4c3)c2)cc(-n2c3ccccc3c3cc([N+]#[C-])ccc32)c1. The number of para-hydroxylation sites is 2. The average Bonchev–Trinajstić information content (AvgIpc) is 3.69. The van der Waals surface area contributed by atoms with Gasteiger partial charge in [-0.25, -0.2) is 9.69 Å². The first-order valence-corrected chi connectivity index (χ1v) is 15.7. The van der Waals surface area contributed by atoms with Gasteiger partial charge in [0.1, 0.15) is 11.2 Å². The van der Waals surface area contributed by atoms with Crippen molar-refractivity contribution in [1.29, 1.82) is 0 Å². The third kappa shape index (κ3) is 4.44. The topological polar surface area (TPSA) is 26.8 Å². The summed E-state index contributed by atoms with van der Waals surface area (Å²) in [5, 5.41) is 4.27. The number of nitrogens with zero attached hydrogens (tertiary/aromatic N) is 3. The van der Waals surface area contributed by atoms with E-state index in [4.69, 9.17) is 17.6 Å². The van der Waals surface area contributed by atoms with E-state index >= 15 is 0 Å². The normalized spacial score (nSPS) is 11.3. The highest BCUT2D eigenvalue weighted by atomic mass is 16.3. The zero-order chi connectivity index (χ0) is 32.2. The molecule has 0 atom stereocenters. The maximum absolute atomic E-state index is 8.06. The fraction of sp³-hybridized carbons (Fsp3) is 0. The van der Waals surface area contributed by atoms with Crippen LogP contribution in [0.3, 0.4) is 0 Å². The van der Waals surface area contributed by atoms with Crippen molar-refractivity contribution in [3.63, 3.8) is 0 Å². The first kappa shape index (κ1) is 27.4. The molecule has 0 N–H and O–H groups in total. The smallest absolute Gasteiger partial charge is 0.189 e. The summed E-state index contributed by atoms with van der Waals surface area (Å²) < 4.78 is 8.34. The quantitative estimate of drug-likeness (QED) is 0.182. The Bertz CT molecular complexity index is 2810. The summed E-state index contributed by atoms with van der Waals surface area (Å²) in [4.78, 5) is 7.60. The second kappa shape index (κ2) is 10.9. The molecule has 4 nitrogen and oxygen atoms in total. The molecule has 0 aliphatic rings. The van der Waals surface area contributed by atoms with Crippen LogP contribution in [0.5, 0.6) is 0 Å². The Kier molecular flexibility index (Phi) is 6.22. The number of benzene rings is 7. The molecule has 2 heterocycles. The molecule has 0 fully saturated rings. The average molecular weight is 612 g/mol. The van der Waals surface area contributed by atoms with Crippen LogP contribution in [-0.2, 0) is 0 Å². The van der Waals surface area contributed by atoms with Crippen LogP contribution in [0, 0.1) is 13.1 Å². The number of furan rings is 1. The fourth-order valence-electron chi connectivity index (χ4n) is 6.93. The molecule has 7 aromatic carbocycles. The lowest BCUT2D eigenvalue weighted by atomic mass is 9.92. The molecule has 0 bridgehead atoms. The van der Waals surface area contributed by atoms with Gasteiger partial charge in [0.15, 0.2) is 11.4 Å². The van der Waals surface area contributed by atoms with Gasteiger partial charge in [0.05, 0.1) is 24.2 Å². The summed E-state index contributed by atoms with van der Waals surface area (Å²) in [6, 6.07) is 51.8. The van der Waals surface area contributed by atoms with Crippen LogP contribution >= 0.6 is 0 Å². The molecular weight excluding hydrogens is 587 g/mol. The van der Waals surface area contributed by atoms with Gasteiger partial charge in [-0.2, -0.15) is 0 Å². The van der Waals surface area contributed by atoms with E-state index in [9.17, 15) is 0 Å². The molecule has 4 heteroatoms. The largest absolute Gasteiger partial charge is 0.456 e. The van der Waals surface area contributed by atoms with Gasteiger partial charge in [-0.1, -0.05) is 78.9 Å². The van der Waals surface area contributed by atoms with Crippen molar-refractivity contribution in [3.8, 4) is 39.1 Å². The molecule has 2 aromatic heterocycles. The molecular formula is C44H25N3O. The first-order valence-electron chi connectivity index (χ1n) is 15.7. The molecule has 0 aliphatic carbocycles. The van der Waals surface area contributed by atoms with Crippen molar-refractivity contribution in [3.05, 3.63) is 174 Å². The highest BCUT2D eigenvalue weighted by Gasteiger charge is 2.16. The van der Waals surface area contributed by atoms with Crippen molar-refractivity contribution in [2.24, 2.45) is 0 Å². The number of hydrogen-bond acceptors (Lipinski definition) is 1. The van der Waals surface area contributed by atoms with Crippen molar-refractivity contribution in [2.45, 2.75) is 0 Å². The minimum absolute atomic E-state index is 0.559. The van der Waals surface area contributed by atoms with Crippen LogP contribution in [0.25, 0.3) is 92.5 Å². The van der Waals surface area contributed by atoms with Crippen LogP contribution in [0.1, 0.15) is 0 Å². The summed E-state index contributed by atoms with van der Waals surface area (Å²) in [7, 11) is 0. The lowest BCUT2D eigenvalue weighted by Gasteiger charge is -2.14. The lowest BCUT2D eigenvalue weighted by Crippen LogP contribution is -1.95. The van der Waals surface area contributed by atoms with Gasteiger partial charge in [-0.05, 0) is 112 Å². The Morgan fingerprint density at radius 3 is 1.85 bits per heavy atom. The van der Waals surface area contributed by atoms with Crippen LogP contribution in [0.15, 0.2) is 156 Å². The van der Waals surface area contributed by atoms with E-state index in [2.05, 4.69) is 99.2 Å². The second-order valence-electron chi connectivity index (χ2n) is 12.0. The fourth-order valence-corrected chi connectivity index (χ4v) is 6.93. The van der Waals surface area contributed by atoms with E-state index in [1.165, 1.54) is 0 Å². The highest BCUT2D eigenvalue weighted by molar-refractivity contribution is 6.10. The zero-order valence-corrected chi connectivity index (χ0v) is 25.7. The lowest BCUT2D eigenvalue weighted by molar-refractivity contribution is 0.669.